The molecule has 0 amide bonds. The molecule has 0 saturated carbocycles. The number of carbonyl (C=O) groups is 1. The normalized spacial score (nSPS) is 11.1. The van der Waals surface area contributed by atoms with Gasteiger partial charge in [0.2, 0.25) is 0 Å². The Morgan fingerprint density at radius 2 is 1.30 bits per heavy atom. The van der Waals surface area contributed by atoms with Gasteiger partial charge in [-0.15, -0.1) is 0 Å². The number of ketones is 1. The van der Waals surface area contributed by atoms with Crippen molar-refractivity contribution in [3.05, 3.63) is 108 Å². The number of pyridine rings is 1. The summed E-state index contributed by atoms with van der Waals surface area (Å²) >= 11 is 0. The molecule has 3 heteroatoms. The maximum Gasteiger partial charge on any atom is 0.193 e. The van der Waals surface area contributed by atoms with Gasteiger partial charge in [0.25, 0.3) is 0 Å². The zero-order valence-corrected chi connectivity index (χ0v) is 14.5. The molecule has 3 aromatic carbocycles. The minimum atomic E-state index is 0.0000160. The average Bonchev–Trinajstić information content (AvgIpc) is 3.08. The highest BCUT2D eigenvalue weighted by Gasteiger charge is 2.14. The van der Waals surface area contributed by atoms with E-state index in [1.807, 2.05) is 36.4 Å². The number of rotatable bonds is 3. The molecule has 5 aromatic rings. The molecule has 0 saturated heterocycles. The average molecular weight is 348 g/mol. The second kappa shape index (κ2) is 6.22. The Morgan fingerprint density at radius 3 is 1.96 bits per heavy atom. The van der Waals surface area contributed by atoms with Gasteiger partial charge in [-0.1, -0.05) is 48.5 Å². The van der Waals surface area contributed by atoms with Gasteiger partial charge in [-0.3, -0.25) is 9.78 Å². The van der Waals surface area contributed by atoms with Gasteiger partial charge in [-0.2, -0.15) is 0 Å². The van der Waals surface area contributed by atoms with Gasteiger partial charge in [-0.05, 0) is 36.4 Å². The fourth-order valence-corrected chi connectivity index (χ4v) is 3.66. The molecule has 5 rings (SSSR count). The molecule has 2 aromatic heterocycles. The summed E-state index contributed by atoms with van der Waals surface area (Å²) in [5.41, 5.74) is 4.55. The number of hydrogen-bond donors (Lipinski definition) is 0. The van der Waals surface area contributed by atoms with E-state index >= 15 is 0 Å². The summed E-state index contributed by atoms with van der Waals surface area (Å²) in [5.74, 6) is 0.0000160. The first-order valence-corrected chi connectivity index (χ1v) is 8.86. The number of aromatic nitrogens is 2. The third-order valence-electron chi connectivity index (χ3n) is 4.89. The Morgan fingerprint density at radius 1 is 0.667 bits per heavy atom. The van der Waals surface area contributed by atoms with Gasteiger partial charge in [-0.25, -0.2) is 0 Å². The Hall–Kier alpha value is -3.72. The number of nitrogens with zero attached hydrogens (tertiary/aromatic N) is 2. The molecule has 0 aliphatic carbocycles. The molecule has 128 valence electrons. The van der Waals surface area contributed by atoms with Crippen molar-refractivity contribution in [2.24, 2.45) is 0 Å². The van der Waals surface area contributed by atoms with Crippen LogP contribution in [-0.4, -0.2) is 15.3 Å². The van der Waals surface area contributed by atoms with Crippen molar-refractivity contribution in [3.8, 4) is 5.69 Å². The molecule has 0 aliphatic heterocycles. The summed E-state index contributed by atoms with van der Waals surface area (Å²) < 4.78 is 2.22. The summed E-state index contributed by atoms with van der Waals surface area (Å²) in [7, 11) is 0. The number of hydrogen-bond acceptors (Lipinski definition) is 2. The lowest BCUT2D eigenvalue weighted by atomic mass is 10.0. The number of para-hydroxylation sites is 2. The van der Waals surface area contributed by atoms with E-state index in [1.54, 1.807) is 24.5 Å². The van der Waals surface area contributed by atoms with Gasteiger partial charge in [0, 0.05) is 40.0 Å². The van der Waals surface area contributed by atoms with Crippen molar-refractivity contribution >= 4 is 27.6 Å². The fraction of sp³-hybridized carbons (Fsp3) is 0. The Bertz CT molecular complexity index is 1230. The quantitative estimate of drug-likeness (QED) is 0.409. The topological polar surface area (TPSA) is 34.9 Å². The molecular formula is C24H16N2O. The predicted octanol–water partition coefficient (Wildman–Crippen LogP) is 5.41. The van der Waals surface area contributed by atoms with Gasteiger partial charge in [0.1, 0.15) is 0 Å². The zero-order valence-electron chi connectivity index (χ0n) is 14.5. The molecule has 0 unspecified atom stereocenters. The SMILES string of the molecule is O=C(c1ccncc1)c1cccc(-n2c3ccccc3c3ccccc32)c1. The summed E-state index contributed by atoms with van der Waals surface area (Å²) in [6, 6.07) is 28.0. The van der Waals surface area contributed by atoms with E-state index in [0.29, 0.717) is 11.1 Å². The van der Waals surface area contributed by atoms with Crippen LogP contribution in [0.5, 0.6) is 0 Å². The molecular weight excluding hydrogens is 332 g/mol. The van der Waals surface area contributed by atoms with Gasteiger partial charge < -0.3 is 4.57 Å². The molecule has 0 bridgehead atoms. The van der Waals surface area contributed by atoms with E-state index in [9.17, 15) is 4.79 Å². The third-order valence-corrected chi connectivity index (χ3v) is 4.89. The predicted molar refractivity (Wildman–Crippen MR) is 108 cm³/mol. The van der Waals surface area contributed by atoms with Crippen molar-refractivity contribution in [1.82, 2.24) is 9.55 Å². The van der Waals surface area contributed by atoms with Crippen LogP contribution in [0.15, 0.2) is 97.3 Å². The van der Waals surface area contributed by atoms with Crippen LogP contribution in [0, 0.1) is 0 Å². The van der Waals surface area contributed by atoms with Gasteiger partial charge in [0.15, 0.2) is 5.78 Å². The second-order valence-electron chi connectivity index (χ2n) is 6.49. The van der Waals surface area contributed by atoms with Crippen LogP contribution >= 0.6 is 0 Å². The van der Waals surface area contributed by atoms with Crippen LogP contribution in [0.25, 0.3) is 27.5 Å². The monoisotopic (exact) mass is 348 g/mol. The summed E-state index contributed by atoms with van der Waals surface area (Å²) in [6.07, 6.45) is 3.29. The van der Waals surface area contributed by atoms with Crippen molar-refractivity contribution in [1.29, 1.82) is 0 Å². The summed E-state index contributed by atoms with van der Waals surface area (Å²) in [5, 5.41) is 2.41. The van der Waals surface area contributed by atoms with Crippen LogP contribution < -0.4 is 0 Å². The molecule has 0 fully saturated rings. The van der Waals surface area contributed by atoms with Crippen LogP contribution in [-0.2, 0) is 0 Å². The largest absolute Gasteiger partial charge is 0.309 e. The number of benzene rings is 3. The zero-order chi connectivity index (χ0) is 18.2. The van der Waals surface area contributed by atoms with Crippen LogP contribution in [0.4, 0.5) is 0 Å². The van der Waals surface area contributed by atoms with E-state index in [4.69, 9.17) is 0 Å². The third kappa shape index (κ3) is 2.52. The lowest BCUT2D eigenvalue weighted by Crippen LogP contribution is -2.03. The lowest BCUT2D eigenvalue weighted by molar-refractivity contribution is 0.103. The number of carbonyl (C=O) groups excluding carboxylic acids is 1. The van der Waals surface area contributed by atoms with Crippen LogP contribution in [0.2, 0.25) is 0 Å². The molecule has 27 heavy (non-hydrogen) atoms. The maximum atomic E-state index is 12.9. The first-order valence-electron chi connectivity index (χ1n) is 8.86. The summed E-state index contributed by atoms with van der Waals surface area (Å²) in [4.78, 5) is 16.8. The van der Waals surface area contributed by atoms with Crippen LogP contribution in [0.1, 0.15) is 15.9 Å². The van der Waals surface area contributed by atoms with Crippen molar-refractivity contribution in [2.45, 2.75) is 0 Å². The van der Waals surface area contributed by atoms with E-state index in [-0.39, 0.29) is 5.78 Å². The van der Waals surface area contributed by atoms with Crippen molar-refractivity contribution in [3.63, 3.8) is 0 Å². The standard InChI is InChI=1S/C24H16N2O/c27-24(17-12-14-25-15-13-17)18-6-5-7-19(16-18)26-22-10-3-1-8-20(22)21-9-2-4-11-23(21)26/h1-16H. The molecule has 0 N–H and O–H groups in total. The van der Waals surface area contributed by atoms with E-state index in [0.717, 1.165) is 16.7 Å². The smallest absolute Gasteiger partial charge is 0.193 e. The molecule has 0 aliphatic rings. The van der Waals surface area contributed by atoms with E-state index in [1.165, 1.54) is 10.8 Å². The number of fused-ring (bicyclic) bond motifs is 3. The molecule has 0 atom stereocenters. The van der Waals surface area contributed by atoms with Gasteiger partial charge in [0.05, 0.1) is 11.0 Å². The molecule has 3 nitrogen and oxygen atoms in total. The van der Waals surface area contributed by atoms with Crippen LogP contribution in [0.3, 0.4) is 0 Å². The first-order chi connectivity index (χ1) is 13.3. The minimum absolute atomic E-state index is 0.0000160. The highest BCUT2D eigenvalue weighted by Crippen LogP contribution is 2.32. The Kier molecular flexibility index (Phi) is 3.58. The first kappa shape index (κ1) is 15.5. The fourth-order valence-electron chi connectivity index (χ4n) is 3.66. The molecule has 2 heterocycles. The van der Waals surface area contributed by atoms with E-state index in [2.05, 4.69) is 45.9 Å². The highest BCUT2D eigenvalue weighted by molar-refractivity contribution is 6.11. The molecule has 0 spiro atoms. The van der Waals surface area contributed by atoms with Crippen molar-refractivity contribution < 1.29 is 4.79 Å². The Labute approximate surface area is 156 Å². The minimum Gasteiger partial charge on any atom is -0.309 e. The van der Waals surface area contributed by atoms with Gasteiger partial charge >= 0.3 is 0 Å². The second-order valence-corrected chi connectivity index (χ2v) is 6.49. The van der Waals surface area contributed by atoms with Crippen molar-refractivity contribution in [2.75, 3.05) is 0 Å². The summed E-state index contributed by atoms with van der Waals surface area (Å²) in [6.45, 7) is 0. The lowest BCUT2D eigenvalue weighted by Gasteiger charge is -2.09. The van der Waals surface area contributed by atoms with E-state index < -0.39 is 0 Å². The highest BCUT2D eigenvalue weighted by atomic mass is 16.1. The molecule has 0 radical (unpaired) electrons. The maximum absolute atomic E-state index is 12.9. The Balaban J connectivity index is 1.73.